The van der Waals surface area contributed by atoms with Gasteiger partial charge in [-0.2, -0.15) is 0 Å². The Morgan fingerprint density at radius 3 is 2.42 bits per heavy atom. The predicted molar refractivity (Wildman–Crippen MR) is 75.7 cm³/mol. The minimum absolute atomic E-state index is 0.00684. The van der Waals surface area contributed by atoms with Crippen molar-refractivity contribution in [3.8, 4) is 5.75 Å². The average molecular weight is 257 g/mol. The molecule has 1 atom stereocenters. The van der Waals surface area contributed by atoms with Gasteiger partial charge >= 0.3 is 0 Å². The zero-order chi connectivity index (χ0) is 13.7. The highest BCUT2D eigenvalue weighted by molar-refractivity contribution is 5.30. The maximum absolute atomic E-state index is 8.98. The number of aliphatic hydroxyl groups excluding tert-OH is 1. The molecule has 0 amide bonds. The van der Waals surface area contributed by atoms with Gasteiger partial charge < -0.3 is 15.6 Å². The van der Waals surface area contributed by atoms with E-state index in [4.69, 9.17) is 15.6 Å². The number of hydrogen-bond donors (Lipinski definition) is 2. The first-order valence-electron chi connectivity index (χ1n) is 6.36. The zero-order valence-corrected chi connectivity index (χ0v) is 11.0. The predicted octanol–water partition coefficient (Wildman–Crippen LogP) is 2.78. The van der Waals surface area contributed by atoms with Crippen LogP contribution >= 0.6 is 0 Å². The van der Waals surface area contributed by atoms with Crippen molar-refractivity contribution in [1.29, 1.82) is 0 Å². The fraction of sp³-hybridized carbons (Fsp3) is 0.250. The van der Waals surface area contributed by atoms with Gasteiger partial charge in [0, 0.05) is 6.04 Å². The van der Waals surface area contributed by atoms with Gasteiger partial charge in [-0.15, -0.1) is 0 Å². The van der Waals surface area contributed by atoms with Crippen molar-refractivity contribution in [2.24, 2.45) is 5.73 Å². The van der Waals surface area contributed by atoms with E-state index in [0.717, 1.165) is 22.4 Å². The summed E-state index contributed by atoms with van der Waals surface area (Å²) in [5.74, 6) is 0.820. The molecule has 3 N–H and O–H groups in total. The lowest BCUT2D eigenvalue weighted by Gasteiger charge is -2.10. The number of ether oxygens (including phenoxy) is 1. The summed E-state index contributed by atoms with van der Waals surface area (Å²) in [4.78, 5) is 0. The molecule has 2 aromatic rings. The van der Waals surface area contributed by atoms with Gasteiger partial charge in [-0.3, -0.25) is 0 Å². The molecule has 100 valence electrons. The maximum atomic E-state index is 8.98. The molecule has 0 aliphatic carbocycles. The molecule has 3 heteroatoms. The fourth-order valence-corrected chi connectivity index (χ4v) is 1.80. The minimum Gasteiger partial charge on any atom is -0.489 e. The standard InChI is InChI=1S/C16H19NO2/c1-12(17)15-3-2-4-16(9-15)19-11-14-7-5-13(10-18)6-8-14/h2-9,12,18H,10-11,17H2,1H3. The second-order valence-corrected chi connectivity index (χ2v) is 4.62. The van der Waals surface area contributed by atoms with Crippen molar-refractivity contribution < 1.29 is 9.84 Å². The Balaban J connectivity index is 1.99. The molecule has 0 radical (unpaired) electrons. The molecule has 0 saturated heterocycles. The van der Waals surface area contributed by atoms with E-state index in [9.17, 15) is 0 Å². The normalized spacial score (nSPS) is 12.2. The first kappa shape index (κ1) is 13.6. The number of aliphatic hydroxyl groups is 1. The SMILES string of the molecule is CC(N)c1cccc(OCc2ccc(CO)cc2)c1. The third-order valence-corrected chi connectivity index (χ3v) is 2.99. The first-order valence-corrected chi connectivity index (χ1v) is 6.36. The summed E-state index contributed by atoms with van der Waals surface area (Å²) in [5.41, 5.74) is 8.88. The van der Waals surface area contributed by atoms with Crippen molar-refractivity contribution in [3.63, 3.8) is 0 Å². The van der Waals surface area contributed by atoms with Gasteiger partial charge in [0.25, 0.3) is 0 Å². The second kappa shape index (κ2) is 6.36. The Hall–Kier alpha value is -1.84. The van der Waals surface area contributed by atoms with Gasteiger partial charge in [-0.1, -0.05) is 36.4 Å². The third kappa shape index (κ3) is 3.81. The molecule has 1 unspecified atom stereocenters. The minimum atomic E-state index is 0.00684. The molecule has 2 aromatic carbocycles. The van der Waals surface area contributed by atoms with Crippen LogP contribution in [0.3, 0.4) is 0 Å². The average Bonchev–Trinajstić information content (AvgIpc) is 2.46. The highest BCUT2D eigenvalue weighted by Gasteiger charge is 2.01. The van der Waals surface area contributed by atoms with E-state index in [1.54, 1.807) is 0 Å². The van der Waals surface area contributed by atoms with Crippen LogP contribution in [0, 0.1) is 0 Å². The molecule has 0 bridgehead atoms. The van der Waals surface area contributed by atoms with E-state index >= 15 is 0 Å². The maximum Gasteiger partial charge on any atom is 0.120 e. The van der Waals surface area contributed by atoms with E-state index in [0.29, 0.717) is 6.61 Å². The Labute approximate surface area is 113 Å². The molecule has 0 heterocycles. The van der Waals surface area contributed by atoms with Crippen LogP contribution in [0.1, 0.15) is 29.7 Å². The molecular formula is C16H19NO2. The van der Waals surface area contributed by atoms with Crippen molar-refractivity contribution >= 4 is 0 Å². The van der Waals surface area contributed by atoms with Gasteiger partial charge in [0.15, 0.2) is 0 Å². The lowest BCUT2D eigenvalue weighted by atomic mass is 10.1. The van der Waals surface area contributed by atoms with E-state index in [-0.39, 0.29) is 12.6 Å². The smallest absolute Gasteiger partial charge is 0.120 e. The summed E-state index contributed by atoms with van der Waals surface area (Å²) in [7, 11) is 0. The van der Waals surface area contributed by atoms with E-state index in [1.807, 2.05) is 55.5 Å². The van der Waals surface area contributed by atoms with Crippen LogP contribution < -0.4 is 10.5 Å². The Morgan fingerprint density at radius 1 is 1.11 bits per heavy atom. The number of benzene rings is 2. The van der Waals surface area contributed by atoms with E-state index < -0.39 is 0 Å². The molecule has 0 spiro atoms. The molecule has 3 nitrogen and oxygen atoms in total. The monoisotopic (exact) mass is 257 g/mol. The lowest BCUT2D eigenvalue weighted by Crippen LogP contribution is -2.05. The summed E-state index contributed by atoms with van der Waals surface area (Å²) in [6.07, 6.45) is 0. The van der Waals surface area contributed by atoms with Gasteiger partial charge in [0.05, 0.1) is 6.61 Å². The topological polar surface area (TPSA) is 55.5 Å². The molecule has 0 fully saturated rings. The molecule has 2 rings (SSSR count). The third-order valence-electron chi connectivity index (χ3n) is 2.99. The Morgan fingerprint density at radius 2 is 1.79 bits per heavy atom. The van der Waals surface area contributed by atoms with Crippen LogP contribution in [-0.2, 0) is 13.2 Å². The molecule has 0 aromatic heterocycles. The number of hydrogen-bond acceptors (Lipinski definition) is 3. The van der Waals surface area contributed by atoms with E-state index in [2.05, 4.69) is 0 Å². The first-order chi connectivity index (χ1) is 9.19. The lowest BCUT2D eigenvalue weighted by molar-refractivity contribution is 0.281. The molecule has 0 aliphatic rings. The zero-order valence-electron chi connectivity index (χ0n) is 11.0. The van der Waals surface area contributed by atoms with Crippen LogP contribution in [0.2, 0.25) is 0 Å². The van der Waals surface area contributed by atoms with Gasteiger partial charge in [-0.05, 0) is 35.7 Å². The van der Waals surface area contributed by atoms with Gasteiger partial charge in [0.1, 0.15) is 12.4 Å². The van der Waals surface area contributed by atoms with Gasteiger partial charge in [0.2, 0.25) is 0 Å². The summed E-state index contributed by atoms with van der Waals surface area (Å²) < 4.78 is 5.74. The largest absolute Gasteiger partial charge is 0.489 e. The van der Waals surface area contributed by atoms with E-state index in [1.165, 1.54) is 0 Å². The Bertz CT molecular complexity index is 521. The second-order valence-electron chi connectivity index (χ2n) is 4.62. The summed E-state index contributed by atoms with van der Waals surface area (Å²) in [6, 6.07) is 15.6. The fourth-order valence-electron chi connectivity index (χ4n) is 1.80. The van der Waals surface area contributed by atoms with Gasteiger partial charge in [-0.25, -0.2) is 0 Å². The molecule has 19 heavy (non-hydrogen) atoms. The highest BCUT2D eigenvalue weighted by atomic mass is 16.5. The summed E-state index contributed by atoms with van der Waals surface area (Å²) in [6.45, 7) is 2.53. The number of nitrogens with two attached hydrogens (primary N) is 1. The summed E-state index contributed by atoms with van der Waals surface area (Å²) >= 11 is 0. The molecular weight excluding hydrogens is 238 g/mol. The quantitative estimate of drug-likeness (QED) is 0.866. The van der Waals surface area contributed by atoms with Crippen molar-refractivity contribution in [1.82, 2.24) is 0 Å². The molecule has 0 aliphatic heterocycles. The highest BCUT2D eigenvalue weighted by Crippen LogP contribution is 2.18. The Kier molecular flexibility index (Phi) is 4.55. The van der Waals surface area contributed by atoms with Crippen molar-refractivity contribution in [3.05, 3.63) is 65.2 Å². The van der Waals surface area contributed by atoms with Crippen LogP contribution in [0.4, 0.5) is 0 Å². The van der Waals surface area contributed by atoms with Crippen molar-refractivity contribution in [2.75, 3.05) is 0 Å². The number of rotatable bonds is 5. The molecule has 0 saturated carbocycles. The van der Waals surface area contributed by atoms with Crippen LogP contribution in [0.25, 0.3) is 0 Å². The van der Waals surface area contributed by atoms with Crippen molar-refractivity contribution in [2.45, 2.75) is 26.2 Å². The summed E-state index contributed by atoms with van der Waals surface area (Å²) in [5, 5.41) is 8.98. The van der Waals surface area contributed by atoms with Crippen LogP contribution in [-0.4, -0.2) is 5.11 Å². The van der Waals surface area contributed by atoms with Crippen LogP contribution in [0.15, 0.2) is 48.5 Å². The van der Waals surface area contributed by atoms with Crippen LogP contribution in [0.5, 0.6) is 5.75 Å².